The third kappa shape index (κ3) is 1.19. The van der Waals surface area contributed by atoms with Crippen molar-refractivity contribution in [1.29, 1.82) is 0 Å². The Hall–Kier alpha value is -0.390. The molecule has 0 unspecified atom stereocenters. The third-order valence-electron chi connectivity index (χ3n) is 3.82. The average Bonchev–Trinajstić information content (AvgIpc) is 2.85. The number of halogens is 1. The molecule has 0 radical (unpaired) electrons. The standard InChI is InChI=1S/C11H11BrO3S/c12-8-2-1-7(16-8)11(5-15-6-11)10(3-4-10)9(13)14/h1-2H,3-6H2,(H,13,14). The summed E-state index contributed by atoms with van der Waals surface area (Å²) in [6, 6.07) is 4.01. The first kappa shape index (κ1) is 10.7. The van der Waals surface area contributed by atoms with Crippen molar-refractivity contribution in [3.05, 3.63) is 20.8 Å². The van der Waals surface area contributed by atoms with Gasteiger partial charge in [-0.15, -0.1) is 11.3 Å². The first-order chi connectivity index (χ1) is 7.61. The molecule has 0 atom stereocenters. The number of rotatable bonds is 3. The molecule has 2 fully saturated rings. The van der Waals surface area contributed by atoms with Gasteiger partial charge < -0.3 is 9.84 Å². The van der Waals surface area contributed by atoms with Crippen LogP contribution in [-0.2, 0) is 14.9 Å². The highest BCUT2D eigenvalue weighted by atomic mass is 79.9. The molecule has 16 heavy (non-hydrogen) atoms. The van der Waals surface area contributed by atoms with Crippen LogP contribution in [0.1, 0.15) is 17.7 Å². The van der Waals surface area contributed by atoms with E-state index in [2.05, 4.69) is 15.9 Å². The molecule has 3 nitrogen and oxygen atoms in total. The van der Waals surface area contributed by atoms with Crippen molar-refractivity contribution >= 4 is 33.2 Å². The van der Waals surface area contributed by atoms with Crippen molar-refractivity contribution in [2.45, 2.75) is 18.3 Å². The minimum Gasteiger partial charge on any atom is -0.481 e. The summed E-state index contributed by atoms with van der Waals surface area (Å²) in [5.74, 6) is -0.666. The zero-order valence-electron chi connectivity index (χ0n) is 8.53. The molecule has 0 amide bonds. The van der Waals surface area contributed by atoms with Crippen LogP contribution in [0.15, 0.2) is 15.9 Å². The monoisotopic (exact) mass is 302 g/mol. The Labute approximate surface area is 106 Å². The third-order valence-corrected chi connectivity index (χ3v) is 5.64. The van der Waals surface area contributed by atoms with Gasteiger partial charge in [-0.1, -0.05) is 0 Å². The summed E-state index contributed by atoms with van der Waals surface area (Å²) in [6.45, 7) is 1.10. The lowest BCUT2D eigenvalue weighted by Gasteiger charge is -2.45. The molecule has 1 aliphatic heterocycles. The van der Waals surface area contributed by atoms with Crippen LogP contribution in [0.3, 0.4) is 0 Å². The Morgan fingerprint density at radius 3 is 2.44 bits per heavy atom. The normalized spacial score (nSPS) is 24.8. The minimum absolute atomic E-state index is 0.268. The van der Waals surface area contributed by atoms with Gasteiger partial charge in [0.1, 0.15) is 0 Å². The molecule has 5 heteroatoms. The van der Waals surface area contributed by atoms with Gasteiger partial charge in [0.25, 0.3) is 0 Å². The largest absolute Gasteiger partial charge is 0.481 e. The van der Waals surface area contributed by atoms with E-state index in [4.69, 9.17) is 4.74 Å². The van der Waals surface area contributed by atoms with E-state index in [-0.39, 0.29) is 5.41 Å². The first-order valence-corrected chi connectivity index (χ1v) is 6.79. The summed E-state index contributed by atoms with van der Waals surface area (Å²) >= 11 is 5.06. The van der Waals surface area contributed by atoms with Gasteiger partial charge in [-0.25, -0.2) is 0 Å². The van der Waals surface area contributed by atoms with Gasteiger partial charge in [0, 0.05) is 4.88 Å². The number of hydrogen-bond acceptors (Lipinski definition) is 3. The number of ether oxygens (including phenoxy) is 1. The molecule has 3 rings (SSSR count). The van der Waals surface area contributed by atoms with Gasteiger partial charge in [-0.05, 0) is 40.9 Å². The van der Waals surface area contributed by atoms with E-state index in [0.717, 1.165) is 21.5 Å². The molecule has 1 aromatic heterocycles. The van der Waals surface area contributed by atoms with Gasteiger partial charge >= 0.3 is 5.97 Å². The van der Waals surface area contributed by atoms with E-state index < -0.39 is 11.4 Å². The van der Waals surface area contributed by atoms with Gasteiger partial charge in [-0.2, -0.15) is 0 Å². The van der Waals surface area contributed by atoms with E-state index in [1.807, 2.05) is 12.1 Å². The van der Waals surface area contributed by atoms with Crippen LogP contribution in [0.4, 0.5) is 0 Å². The topological polar surface area (TPSA) is 46.5 Å². The minimum atomic E-state index is -0.666. The van der Waals surface area contributed by atoms with Crippen LogP contribution in [0, 0.1) is 5.41 Å². The van der Waals surface area contributed by atoms with Crippen LogP contribution in [0.5, 0.6) is 0 Å². The van der Waals surface area contributed by atoms with Gasteiger partial charge in [0.2, 0.25) is 0 Å². The molecule has 2 aliphatic rings. The maximum atomic E-state index is 11.4. The summed E-state index contributed by atoms with van der Waals surface area (Å²) < 4.78 is 6.36. The summed E-state index contributed by atoms with van der Waals surface area (Å²) in [5.41, 5.74) is -0.828. The van der Waals surface area contributed by atoms with E-state index >= 15 is 0 Å². The Balaban J connectivity index is 2.04. The zero-order chi connectivity index (χ0) is 11.4. The average molecular weight is 303 g/mol. The Morgan fingerprint density at radius 1 is 1.44 bits per heavy atom. The molecule has 86 valence electrons. The summed E-state index contributed by atoms with van der Waals surface area (Å²) in [6.07, 6.45) is 1.56. The fourth-order valence-corrected chi connectivity index (χ4v) is 4.20. The van der Waals surface area contributed by atoms with Crippen molar-refractivity contribution < 1.29 is 14.6 Å². The van der Waals surface area contributed by atoms with E-state index in [1.165, 1.54) is 0 Å². The molecule has 1 saturated carbocycles. The molecular weight excluding hydrogens is 292 g/mol. The van der Waals surface area contributed by atoms with E-state index in [9.17, 15) is 9.90 Å². The molecular formula is C11H11BrO3S. The molecule has 0 spiro atoms. The van der Waals surface area contributed by atoms with Crippen molar-refractivity contribution in [3.63, 3.8) is 0 Å². The predicted octanol–water partition coefficient (Wildman–Crippen LogP) is 2.64. The fraction of sp³-hybridized carbons (Fsp3) is 0.545. The van der Waals surface area contributed by atoms with Crippen LogP contribution in [-0.4, -0.2) is 24.3 Å². The van der Waals surface area contributed by atoms with Crippen LogP contribution in [0.25, 0.3) is 0 Å². The second-order valence-electron chi connectivity index (χ2n) is 4.57. The van der Waals surface area contributed by atoms with Gasteiger partial charge in [0.05, 0.1) is 27.8 Å². The maximum absolute atomic E-state index is 11.4. The van der Waals surface area contributed by atoms with Gasteiger partial charge in [0.15, 0.2) is 0 Å². The summed E-state index contributed by atoms with van der Waals surface area (Å²) in [7, 11) is 0. The van der Waals surface area contributed by atoms with Gasteiger partial charge in [-0.3, -0.25) is 4.79 Å². The molecule has 1 saturated heterocycles. The molecule has 1 aromatic rings. The fourth-order valence-electron chi connectivity index (χ4n) is 2.55. The second kappa shape index (κ2) is 3.31. The summed E-state index contributed by atoms with van der Waals surface area (Å²) in [5, 5.41) is 9.41. The van der Waals surface area contributed by atoms with Crippen molar-refractivity contribution in [3.8, 4) is 0 Å². The molecule has 1 aliphatic carbocycles. The van der Waals surface area contributed by atoms with Crippen LogP contribution in [0.2, 0.25) is 0 Å². The number of aliphatic carboxylic acids is 1. The Morgan fingerprint density at radius 2 is 2.12 bits per heavy atom. The predicted molar refractivity (Wildman–Crippen MR) is 63.8 cm³/mol. The highest BCUT2D eigenvalue weighted by molar-refractivity contribution is 9.11. The quantitative estimate of drug-likeness (QED) is 0.934. The molecule has 0 bridgehead atoms. The number of thiophene rings is 1. The second-order valence-corrected chi connectivity index (χ2v) is 7.03. The number of hydrogen-bond donors (Lipinski definition) is 1. The lowest BCUT2D eigenvalue weighted by Crippen LogP contribution is -2.55. The number of carboxylic acids is 1. The number of carbonyl (C=O) groups is 1. The van der Waals surface area contributed by atoms with Crippen LogP contribution < -0.4 is 0 Å². The molecule has 0 aromatic carbocycles. The van der Waals surface area contributed by atoms with Crippen LogP contribution >= 0.6 is 27.3 Å². The lowest BCUT2D eigenvalue weighted by molar-refractivity contribution is -0.160. The Kier molecular flexibility index (Phi) is 2.22. The smallest absolute Gasteiger partial charge is 0.310 e. The van der Waals surface area contributed by atoms with Crippen molar-refractivity contribution in [2.24, 2.45) is 5.41 Å². The summed E-state index contributed by atoms with van der Waals surface area (Å²) in [4.78, 5) is 12.6. The Bertz CT molecular complexity index is 446. The SMILES string of the molecule is O=C(O)C1(C2(c3ccc(Br)s3)COC2)CC1. The van der Waals surface area contributed by atoms with Crippen molar-refractivity contribution in [1.82, 2.24) is 0 Å². The first-order valence-electron chi connectivity index (χ1n) is 5.18. The van der Waals surface area contributed by atoms with E-state index in [0.29, 0.717) is 13.2 Å². The molecule has 1 N–H and O–H groups in total. The van der Waals surface area contributed by atoms with Crippen molar-refractivity contribution in [2.75, 3.05) is 13.2 Å². The highest BCUT2D eigenvalue weighted by Crippen LogP contribution is 2.63. The number of carboxylic acid groups (broad SMARTS) is 1. The molecule has 2 heterocycles. The highest BCUT2D eigenvalue weighted by Gasteiger charge is 2.68. The van der Waals surface area contributed by atoms with E-state index in [1.54, 1.807) is 11.3 Å². The lowest BCUT2D eigenvalue weighted by atomic mass is 9.69. The zero-order valence-corrected chi connectivity index (χ0v) is 10.9. The maximum Gasteiger partial charge on any atom is 0.310 e.